The van der Waals surface area contributed by atoms with Crippen molar-refractivity contribution in [3.05, 3.63) is 0 Å². The van der Waals surface area contributed by atoms with Gasteiger partial charge < -0.3 is 4.74 Å². The van der Waals surface area contributed by atoms with Gasteiger partial charge in [-0.25, -0.2) is 13.1 Å². The van der Waals surface area contributed by atoms with Gasteiger partial charge in [-0.2, -0.15) is 0 Å². The zero-order chi connectivity index (χ0) is 16.2. The number of hydrogen-bond acceptors (Lipinski definition) is 4. The predicted molar refractivity (Wildman–Crippen MR) is 89.4 cm³/mol. The van der Waals surface area contributed by atoms with Crippen molar-refractivity contribution in [2.45, 2.75) is 64.5 Å². The fourth-order valence-electron chi connectivity index (χ4n) is 3.38. The number of piperidine rings is 1. The SMILES string of the molecule is CC1CCCN(C(C)(C)CNS(=O)(=O)CC2CCCCO2)C1. The van der Waals surface area contributed by atoms with Gasteiger partial charge in [0.2, 0.25) is 10.0 Å². The average molecular weight is 333 g/mol. The standard InChI is InChI=1S/C16H32N2O3S/c1-14-7-6-9-18(11-14)16(2,3)13-17-22(19,20)12-15-8-4-5-10-21-15/h14-15,17H,4-13H2,1-3H3. The van der Waals surface area contributed by atoms with Gasteiger partial charge in [0.15, 0.2) is 0 Å². The minimum atomic E-state index is -3.27. The fraction of sp³-hybridized carbons (Fsp3) is 1.00. The molecule has 1 N–H and O–H groups in total. The molecule has 0 aromatic heterocycles. The van der Waals surface area contributed by atoms with Gasteiger partial charge in [0.05, 0.1) is 11.9 Å². The highest BCUT2D eigenvalue weighted by Gasteiger charge is 2.32. The summed E-state index contributed by atoms with van der Waals surface area (Å²) in [6.07, 6.45) is 5.31. The van der Waals surface area contributed by atoms with Crippen LogP contribution in [0.3, 0.4) is 0 Å². The first-order valence-electron chi connectivity index (χ1n) is 8.62. The summed E-state index contributed by atoms with van der Waals surface area (Å²) in [5.41, 5.74) is -0.144. The number of sulfonamides is 1. The molecule has 0 amide bonds. The van der Waals surface area contributed by atoms with E-state index in [4.69, 9.17) is 4.74 Å². The summed E-state index contributed by atoms with van der Waals surface area (Å²) >= 11 is 0. The van der Waals surface area contributed by atoms with E-state index in [0.29, 0.717) is 19.1 Å². The minimum Gasteiger partial charge on any atom is -0.377 e. The maximum absolute atomic E-state index is 12.3. The molecule has 0 aromatic carbocycles. The van der Waals surface area contributed by atoms with E-state index in [9.17, 15) is 8.42 Å². The van der Waals surface area contributed by atoms with Gasteiger partial charge in [0.1, 0.15) is 0 Å². The molecular weight excluding hydrogens is 300 g/mol. The Labute approximate surface area is 135 Å². The molecule has 0 bridgehead atoms. The fourth-order valence-corrected chi connectivity index (χ4v) is 4.82. The first-order chi connectivity index (χ1) is 10.3. The van der Waals surface area contributed by atoms with Gasteiger partial charge in [-0.05, 0) is 58.4 Å². The molecule has 2 aliphatic heterocycles. The monoisotopic (exact) mass is 332 g/mol. The second kappa shape index (κ2) is 7.60. The number of nitrogens with one attached hydrogen (secondary N) is 1. The summed E-state index contributed by atoms with van der Waals surface area (Å²) in [6.45, 7) is 9.81. The first-order valence-corrected chi connectivity index (χ1v) is 10.3. The van der Waals surface area contributed by atoms with Crippen molar-refractivity contribution < 1.29 is 13.2 Å². The molecule has 2 atom stereocenters. The highest BCUT2D eigenvalue weighted by Crippen LogP contribution is 2.23. The van der Waals surface area contributed by atoms with E-state index in [-0.39, 0.29) is 17.4 Å². The predicted octanol–water partition coefficient (Wildman–Crippen LogP) is 1.99. The van der Waals surface area contributed by atoms with Crippen LogP contribution in [0, 0.1) is 5.92 Å². The summed E-state index contributed by atoms with van der Waals surface area (Å²) in [6, 6.07) is 0. The molecule has 2 heterocycles. The Hall–Kier alpha value is -0.170. The molecule has 2 saturated heterocycles. The number of ether oxygens (including phenoxy) is 1. The molecule has 5 nitrogen and oxygen atoms in total. The average Bonchev–Trinajstić information content (AvgIpc) is 2.46. The van der Waals surface area contributed by atoms with E-state index in [0.717, 1.165) is 32.4 Å². The number of nitrogens with zero attached hydrogens (tertiary/aromatic N) is 1. The molecule has 0 saturated carbocycles. The van der Waals surface area contributed by atoms with E-state index in [1.807, 2.05) is 0 Å². The van der Waals surface area contributed by atoms with Crippen molar-refractivity contribution >= 4 is 10.0 Å². The van der Waals surface area contributed by atoms with Crippen LogP contribution in [-0.2, 0) is 14.8 Å². The van der Waals surface area contributed by atoms with E-state index in [2.05, 4.69) is 30.4 Å². The van der Waals surface area contributed by atoms with Crippen molar-refractivity contribution in [3.63, 3.8) is 0 Å². The lowest BCUT2D eigenvalue weighted by Crippen LogP contribution is -2.55. The van der Waals surface area contributed by atoms with Gasteiger partial charge in [-0.1, -0.05) is 6.92 Å². The molecule has 2 aliphatic rings. The molecule has 6 heteroatoms. The van der Waals surface area contributed by atoms with Crippen molar-refractivity contribution in [2.24, 2.45) is 5.92 Å². The molecule has 0 spiro atoms. The zero-order valence-electron chi connectivity index (χ0n) is 14.3. The number of rotatable bonds is 6. The van der Waals surface area contributed by atoms with Crippen LogP contribution in [0.15, 0.2) is 0 Å². The lowest BCUT2D eigenvalue weighted by Gasteiger charge is -2.43. The summed E-state index contributed by atoms with van der Waals surface area (Å²) in [7, 11) is -3.27. The van der Waals surface area contributed by atoms with Crippen molar-refractivity contribution in [1.29, 1.82) is 0 Å². The molecule has 2 unspecified atom stereocenters. The van der Waals surface area contributed by atoms with Crippen LogP contribution >= 0.6 is 0 Å². The second-order valence-electron chi connectivity index (χ2n) is 7.60. The molecule has 2 fully saturated rings. The summed E-state index contributed by atoms with van der Waals surface area (Å²) in [5.74, 6) is 0.791. The lowest BCUT2D eigenvalue weighted by atomic mass is 9.94. The maximum atomic E-state index is 12.3. The summed E-state index contributed by atoms with van der Waals surface area (Å²) < 4.78 is 32.9. The van der Waals surface area contributed by atoms with Crippen molar-refractivity contribution in [2.75, 3.05) is 32.0 Å². The maximum Gasteiger partial charge on any atom is 0.214 e. The van der Waals surface area contributed by atoms with Crippen molar-refractivity contribution in [3.8, 4) is 0 Å². The van der Waals surface area contributed by atoms with Gasteiger partial charge in [0, 0.05) is 25.2 Å². The summed E-state index contributed by atoms with van der Waals surface area (Å²) in [5, 5.41) is 0. The van der Waals surface area contributed by atoms with Gasteiger partial charge >= 0.3 is 0 Å². The van der Waals surface area contributed by atoms with Crippen molar-refractivity contribution in [1.82, 2.24) is 9.62 Å². The van der Waals surface area contributed by atoms with Gasteiger partial charge in [-0.15, -0.1) is 0 Å². The molecule has 22 heavy (non-hydrogen) atoms. The molecule has 0 aliphatic carbocycles. The van der Waals surface area contributed by atoms with E-state index in [1.165, 1.54) is 12.8 Å². The number of likely N-dealkylation sites (tertiary alicyclic amines) is 1. The Kier molecular flexibility index (Phi) is 6.28. The third-order valence-corrected chi connectivity index (χ3v) is 6.31. The first kappa shape index (κ1) is 18.2. The molecule has 130 valence electrons. The van der Waals surface area contributed by atoms with Crippen LogP contribution < -0.4 is 4.72 Å². The highest BCUT2D eigenvalue weighted by atomic mass is 32.2. The van der Waals surface area contributed by atoms with E-state index in [1.54, 1.807) is 0 Å². The van der Waals surface area contributed by atoms with Crippen LogP contribution in [0.2, 0.25) is 0 Å². The Morgan fingerprint density at radius 1 is 1.23 bits per heavy atom. The Bertz CT molecular complexity index is 444. The van der Waals surface area contributed by atoms with Gasteiger partial charge in [-0.3, -0.25) is 4.90 Å². The smallest absolute Gasteiger partial charge is 0.214 e. The Morgan fingerprint density at radius 2 is 2.00 bits per heavy atom. The topological polar surface area (TPSA) is 58.6 Å². The van der Waals surface area contributed by atoms with Crippen LogP contribution in [0.25, 0.3) is 0 Å². The summed E-state index contributed by atoms with van der Waals surface area (Å²) in [4.78, 5) is 2.42. The normalized spacial score (nSPS) is 28.7. The van der Waals surface area contributed by atoms with Crippen LogP contribution in [0.5, 0.6) is 0 Å². The quantitative estimate of drug-likeness (QED) is 0.808. The lowest BCUT2D eigenvalue weighted by molar-refractivity contribution is 0.0302. The Balaban J connectivity index is 1.83. The third-order valence-electron chi connectivity index (χ3n) is 4.92. The van der Waals surface area contributed by atoms with E-state index >= 15 is 0 Å². The van der Waals surface area contributed by atoms with Crippen LogP contribution in [0.1, 0.15) is 52.9 Å². The second-order valence-corrected chi connectivity index (χ2v) is 9.45. The van der Waals surface area contributed by atoms with E-state index < -0.39 is 10.0 Å². The zero-order valence-corrected chi connectivity index (χ0v) is 15.1. The molecule has 0 aromatic rings. The number of hydrogen-bond donors (Lipinski definition) is 1. The molecule has 2 rings (SSSR count). The molecular formula is C16H32N2O3S. The highest BCUT2D eigenvalue weighted by molar-refractivity contribution is 7.89. The van der Waals surface area contributed by atoms with Gasteiger partial charge in [0.25, 0.3) is 0 Å². The third kappa shape index (κ3) is 5.48. The van der Waals surface area contributed by atoms with Crippen LogP contribution in [0.4, 0.5) is 0 Å². The Morgan fingerprint density at radius 3 is 2.64 bits per heavy atom. The minimum absolute atomic E-state index is 0.0967. The van der Waals surface area contributed by atoms with Crippen LogP contribution in [-0.4, -0.2) is 57.0 Å². The largest absolute Gasteiger partial charge is 0.377 e. The molecule has 0 radical (unpaired) electrons.